The molecule has 9 aliphatic rings. The second kappa shape index (κ2) is 50.4. The Balaban J connectivity index is 0.530. The summed E-state index contributed by atoms with van der Waals surface area (Å²) >= 11 is 0. The van der Waals surface area contributed by atoms with Gasteiger partial charge in [0, 0.05) is 39.1 Å². The largest absolute Gasteiger partial charge is 0.377 e. The number of fused-ring (bicyclic) bond motifs is 12. The molecule has 9 saturated heterocycles. The van der Waals surface area contributed by atoms with Gasteiger partial charge in [0.25, 0.3) is 0 Å². The van der Waals surface area contributed by atoms with Gasteiger partial charge in [0.2, 0.25) is 23.6 Å². The number of nitrogens with one attached hydrogen (secondary N) is 4. The molecular weight excluding hydrogens is 1770 g/mol. The van der Waals surface area contributed by atoms with Gasteiger partial charge in [-0.2, -0.15) is 0 Å². The smallest absolute Gasteiger partial charge is 0.220 e. The van der Waals surface area contributed by atoms with E-state index in [0.717, 1.165) is 23.6 Å². The molecule has 0 aromatic carbocycles. The highest BCUT2D eigenvalue weighted by Gasteiger charge is 2.69. The lowest BCUT2D eigenvalue weighted by molar-refractivity contribution is -0.214. The van der Waals surface area contributed by atoms with E-state index in [1.54, 1.807) is 60.4 Å². The van der Waals surface area contributed by atoms with Crippen LogP contribution in [-0.2, 0) is 187 Å². The van der Waals surface area contributed by atoms with E-state index < -0.39 is 113 Å². The first kappa shape index (κ1) is 102. The predicted molar refractivity (Wildman–Crippen MR) is 456 cm³/mol. The van der Waals surface area contributed by atoms with Crippen molar-refractivity contribution in [2.24, 2.45) is 0 Å². The highest BCUT2D eigenvalue weighted by Crippen LogP contribution is 2.50. The molecule has 0 saturated carbocycles. The molecule has 47 heteroatoms. The summed E-state index contributed by atoms with van der Waals surface area (Å²) < 4.78 is 169. The molecule has 45 nitrogen and oxygen atoms in total. The number of pyridine rings is 1. The Kier molecular flexibility index (Phi) is 39.4. The van der Waals surface area contributed by atoms with Crippen LogP contribution in [0.5, 0.6) is 0 Å². The number of nitrogens with zero attached hydrogens (tertiary/aromatic N) is 10. The second-order valence-electron chi connectivity index (χ2n) is 34.6. The minimum Gasteiger partial charge on any atom is -0.377 e. The van der Waals surface area contributed by atoms with Crippen molar-refractivity contribution in [3.8, 4) is 0 Å². The van der Waals surface area contributed by atoms with Crippen molar-refractivity contribution in [2.75, 3.05) is 204 Å². The molecule has 15 atom stereocenters. The highest BCUT2D eigenvalue weighted by atomic mass is 33.1. The zero-order chi connectivity index (χ0) is 92.0. The van der Waals surface area contributed by atoms with Crippen LogP contribution < -0.4 is 21.3 Å². The lowest BCUT2D eigenvalue weighted by Crippen LogP contribution is -2.65. The van der Waals surface area contributed by atoms with Crippen LogP contribution in [0, 0.1) is 0 Å². The Labute approximate surface area is 769 Å². The standard InChI is InChI=1S/C84H132N14O31S2/c1-58(99)86-66-69-72(124-78(4,5)121-69)82(55-118-75(66)127-82)52-112-39-36-109-33-30-106-27-24-103-21-18-96-43-61(90-93-96)46-115-49-81(89-64(102)15-11-10-14-42-130-131-65-16-12-13-17-85-65,50-116-47-62-44-97(94-91-62)19-22-104-25-28-107-31-34-110-37-40-113-53-83-56-119-76(128-83)67(87-59(2)100)70-73(83)125-79(6,7)122-70)51-117-48-63-45-98(95-92-63)20-23-105-26-29-108-32-35-111-38-41-114-54-84-57-120-77(129-84)68(88-60(3)101)71-74(84)126-80(8,9)123-71/h12-13,16-17,43-45,66-77H,10-11,14-15,18-42,46-57H2,1-9H3,(H,86,99)(H,87,100)(H,88,101)(H,89,102)/t66-,67-,68-,69-,70-,71?,72-,73-,74-,75-,76-,77-,82+,83+,84+/m1/s1. The zero-order valence-electron chi connectivity index (χ0n) is 76.4. The molecule has 13 heterocycles. The van der Waals surface area contributed by atoms with E-state index in [1.807, 2.05) is 59.7 Å². The summed E-state index contributed by atoms with van der Waals surface area (Å²) in [4.78, 5) is 54.7. The van der Waals surface area contributed by atoms with Crippen LogP contribution in [0.1, 0.15) is 105 Å². The van der Waals surface area contributed by atoms with E-state index in [0.29, 0.717) is 182 Å². The fraction of sp³-hybridized carbons (Fsp3) is 0.821. The molecule has 9 aliphatic heterocycles. The minimum absolute atomic E-state index is 0.0344. The normalized spacial score (nSPS) is 27.9. The first-order chi connectivity index (χ1) is 63.4. The number of carbonyl (C=O) groups excluding carboxylic acids is 4. The van der Waals surface area contributed by atoms with E-state index in [9.17, 15) is 19.2 Å². The average Bonchev–Trinajstić information content (AvgIpc) is 1.58. The zero-order valence-corrected chi connectivity index (χ0v) is 78.0. The van der Waals surface area contributed by atoms with E-state index in [4.69, 9.17) is 128 Å². The SMILES string of the molecule is CC(=O)N[C@H]1[C@@H]2OC[C@](COCCOCCOCCOCCn3cc(COCC(COCc4cn(CCOCCOCCOCCOC[C@@]56CO[C@H](O5)[C@H](NC(C)=O)C5OC(C)(C)O[C@H]56)nn4)(COCc4cn(CCOCCOCCOCCOC[C@@]56CO[C@H](O5)[C@H](NC(C)=O)[C@H]5OC(C)(C)O[C@H]56)nn4)NC(=O)CCCCCSSc4ccccn4)nn3)(O2)[C@@H]2OC(C)(C)O[C@H]12. The molecule has 131 heavy (non-hydrogen) atoms. The first-order valence-electron chi connectivity index (χ1n) is 45.0. The minimum atomic E-state index is -1.25. The van der Waals surface area contributed by atoms with Gasteiger partial charge in [0.1, 0.15) is 99.2 Å². The molecule has 1 unspecified atom stereocenters. The molecule has 4 aromatic rings. The number of carbonyl (C=O) groups is 4. The lowest BCUT2D eigenvalue weighted by Gasteiger charge is -2.42. The summed E-state index contributed by atoms with van der Waals surface area (Å²) in [5, 5.41) is 39.0. The number of amides is 4. The van der Waals surface area contributed by atoms with Gasteiger partial charge in [-0.1, -0.05) is 38.9 Å². The summed E-state index contributed by atoms with van der Waals surface area (Å²) in [5.74, 6) is -2.58. The Hall–Kier alpha value is -5.93. The van der Waals surface area contributed by atoms with Crippen molar-refractivity contribution in [1.29, 1.82) is 0 Å². The van der Waals surface area contributed by atoms with Crippen LogP contribution in [0.2, 0.25) is 0 Å². The van der Waals surface area contributed by atoms with Crippen molar-refractivity contribution >= 4 is 45.2 Å². The van der Waals surface area contributed by atoms with Crippen LogP contribution in [-0.4, -0.2) is 391 Å². The fourth-order valence-electron chi connectivity index (χ4n) is 16.5. The quantitative estimate of drug-likeness (QED) is 0.0357. The van der Waals surface area contributed by atoms with Crippen molar-refractivity contribution in [3.05, 3.63) is 60.1 Å². The van der Waals surface area contributed by atoms with Gasteiger partial charge in [0.15, 0.2) is 36.2 Å². The average molecular weight is 1900 g/mol. The van der Waals surface area contributed by atoms with Crippen molar-refractivity contribution in [2.45, 2.75) is 246 Å². The molecule has 13 rings (SSSR count). The van der Waals surface area contributed by atoms with Gasteiger partial charge in [-0.05, 0) is 77.3 Å². The van der Waals surface area contributed by atoms with Crippen LogP contribution in [0.15, 0.2) is 48.0 Å². The molecule has 4 amide bonds. The van der Waals surface area contributed by atoms with Crippen molar-refractivity contribution in [1.82, 2.24) is 71.2 Å². The maximum absolute atomic E-state index is 14.3. The number of ether oxygens (including phenoxy) is 27. The second-order valence-corrected chi connectivity index (χ2v) is 37.0. The molecule has 0 spiro atoms. The monoisotopic (exact) mass is 1900 g/mol. The molecule has 6 bridgehead atoms. The highest BCUT2D eigenvalue weighted by molar-refractivity contribution is 8.76. The van der Waals surface area contributed by atoms with Gasteiger partial charge >= 0.3 is 0 Å². The molecular formula is C84H132N14O31S2. The summed E-state index contributed by atoms with van der Waals surface area (Å²) in [6.45, 7) is 24.8. The Morgan fingerprint density at radius 2 is 0.740 bits per heavy atom. The first-order valence-corrected chi connectivity index (χ1v) is 47.3. The van der Waals surface area contributed by atoms with Crippen LogP contribution >= 0.6 is 21.6 Å². The predicted octanol–water partition coefficient (Wildman–Crippen LogP) is 1.31. The number of hydrogen-bond donors (Lipinski definition) is 4. The molecule has 0 radical (unpaired) electrons. The number of rotatable bonds is 66. The molecule has 0 aliphatic carbocycles. The van der Waals surface area contributed by atoms with Crippen LogP contribution in [0.25, 0.3) is 0 Å². The molecule has 4 aromatic heterocycles. The Bertz CT molecular complexity index is 3750. The number of aromatic nitrogens is 10. The lowest BCUT2D eigenvalue weighted by atomic mass is 9.88. The molecule has 4 N–H and O–H groups in total. The van der Waals surface area contributed by atoms with Crippen molar-refractivity contribution < 1.29 is 147 Å². The van der Waals surface area contributed by atoms with E-state index in [2.05, 4.69) is 57.2 Å². The van der Waals surface area contributed by atoms with Gasteiger partial charge in [0.05, 0.1) is 256 Å². The molecule has 736 valence electrons. The summed E-state index contributed by atoms with van der Waals surface area (Å²) in [5.41, 5.74) is -2.29. The third-order valence-electron chi connectivity index (χ3n) is 22.3. The van der Waals surface area contributed by atoms with Crippen molar-refractivity contribution in [3.63, 3.8) is 0 Å². The van der Waals surface area contributed by atoms with Crippen LogP contribution in [0.4, 0.5) is 0 Å². The van der Waals surface area contributed by atoms with E-state index >= 15 is 0 Å². The van der Waals surface area contributed by atoms with Gasteiger partial charge in [-0.15, -0.1) is 15.3 Å². The maximum atomic E-state index is 14.3. The summed E-state index contributed by atoms with van der Waals surface area (Å²) in [6, 6.07) is 4.29. The Morgan fingerprint density at radius 3 is 1.06 bits per heavy atom. The fourth-order valence-corrected chi connectivity index (χ4v) is 18.5. The maximum Gasteiger partial charge on any atom is 0.220 e. The number of unbranched alkanes of at least 4 members (excludes halogenated alkanes) is 2. The third kappa shape index (κ3) is 30.8. The summed E-state index contributed by atoms with van der Waals surface area (Å²) in [6.07, 6.45) is 4.74. The Morgan fingerprint density at radius 1 is 0.412 bits per heavy atom. The van der Waals surface area contributed by atoms with E-state index in [1.165, 1.54) is 20.8 Å². The molecule has 9 fully saturated rings. The van der Waals surface area contributed by atoms with Gasteiger partial charge < -0.3 is 149 Å². The van der Waals surface area contributed by atoms with E-state index in [-0.39, 0.29) is 109 Å². The van der Waals surface area contributed by atoms with Gasteiger partial charge in [-0.25, -0.2) is 19.0 Å². The van der Waals surface area contributed by atoms with Gasteiger partial charge in [-0.3, -0.25) is 19.2 Å². The topological polar surface area (TPSA) is 471 Å². The third-order valence-corrected chi connectivity index (χ3v) is 24.6. The number of hydrogen-bond acceptors (Lipinski definition) is 40. The van der Waals surface area contributed by atoms with Crippen LogP contribution in [0.3, 0.4) is 0 Å². The summed E-state index contributed by atoms with van der Waals surface area (Å²) in [7, 11) is 3.36.